The number of benzene rings is 1. The van der Waals surface area contributed by atoms with E-state index >= 15 is 0 Å². The number of β-amino-alcohol motifs (C(OH)–C–C–N with tert-alkyl or cyclic N) is 1. The van der Waals surface area contributed by atoms with Crippen LogP contribution in [-0.4, -0.2) is 69.1 Å². The Morgan fingerprint density at radius 3 is 2.33 bits per heavy atom. The summed E-state index contributed by atoms with van der Waals surface area (Å²) in [6.07, 6.45) is -0.904. The minimum Gasteiger partial charge on any atom is -0.444 e. The summed E-state index contributed by atoms with van der Waals surface area (Å²) in [6, 6.07) is 2.20. The van der Waals surface area contributed by atoms with Crippen molar-refractivity contribution in [3.05, 3.63) is 35.4 Å². The van der Waals surface area contributed by atoms with Crippen molar-refractivity contribution in [2.24, 2.45) is 0 Å². The van der Waals surface area contributed by atoms with E-state index in [-0.39, 0.29) is 18.9 Å². The molecule has 2 fully saturated rings. The van der Waals surface area contributed by atoms with Gasteiger partial charge in [-0.05, 0) is 71.6 Å². The molecule has 0 bridgehead atoms. The van der Waals surface area contributed by atoms with Crippen LogP contribution in [-0.2, 0) is 20.7 Å². The van der Waals surface area contributed by atoms with Gasteiger partial charge in [-0.2, -0.15) is 0 Å². The summed E-state index contributed by atoms with van der Waals surface area (Å²) < 4.78 is 39.7. The topological polar surface area (TPSA) is 79.3 Å². The van der Waals surface area contributed by atoms with Crippen LogP contribution in [0, 0.1) is 11.6 Å². The van der Waals surface area contributed by atoms with Gasteiger partial charge in [0.05, 0.1) is 24.7 Å². The second-order valence-corrected chi connectivity index (χ2v) is 10.4. The minimum atomic E-state index is -0.997. The van der Waals surface area contributed by atoms with E-state index in [1.807, 2.05) is 0 Å². The predicted molar refractivity (Wildman–Crippen MR) is 117 cm³/mol. The van der Waals surface area contributed by atoms with E-state index in [1.54, 1.807) is 39.5 Å². The van der Waals surface area contributed by atoms with E-state index in [0.29, 0.717) is 18.4 Å². The molecule has 1 N–H and O–H groups in total. The van der Waals surface area contributed by atoms with Crippen molar-refractivity contribution in [2.45, 2.75) is 96.4 Å². The second kappa shape index (κ2) is 9.18. The molecule has 0 spiro atoms. The summed E-state index contributed by atoms with van der Waals surface area (Å²) in [7, 11) is 0. The third-order valence-electron chi connectivity index (χ3n) is 6.03. The first-order valence-corrected chi connectivity index (χ1v) is 11.3. The number of rotatable bonds is 3. The smallest absolute Gasteiger partial charge is 0.410 e. The molecule has 7 nitrogen and oxygen atoms in total. The number of nitrogens with zero attached hydrogens (tertiary/aromatic N) is 2. The number of hydrogen-bond acceptors (Lipinski definition) is 5. The highest BCUT2D eigenvalue weighted by molar-refractivity contribution is 5.75. The third-order valence-corrected chi connectivity index (χ3v) is 6.03. The van der Waals surface area contributed by atoms with Crippen molar-refractivity contribution in [1.29, 1.82) is 0 Å². The normalized spacial score (nSPS) is 27.5. The van der Waals surface area contributed by atoms with Crippen LogP contribution < -0.4 is 0 Å². The van der Waals surface area contributed by atoms with E-state index in [2.05, 4.69) is 0 Å². The summed E-state index contributed by atoms with van der Waals surface area (Å²) in [4.78, 5) is 28.7. The zero-order valence-corrected chi connectivity index (χ0v) is 20.1. The number of carbonyl (C=O) groups excluding carboxylic acids is 2. The van der Waals surface area contributed by atoms with E-state index in [9.17, 15) is 23.5 Å². The largest absolute Gasteiger partial charge is 0.444 e. The molecule has 2 heterocycles. The molecule has 0 unspecified atom stereocenters. The highest BCUT2D eigenvalue weighted by Crippen LogP contribution is 2.39. The molecule has 184 valence electrons. The number of halogens is 2. The third kappa shape index (κ3) is 5.81. The van der Waals surface area contributed by atoms with Crippen molar-refractivity contribution in [2.75, 3.05) is 6.54 Å². The van der Waals surface area contributed by atoms with Crippen LogP contribution in [0.2, 0.25) is 0 Å². The molecule has 2 saturated heterocycles. The number of aliphatic hydroxyl groups is 1. The SMILES string of the molecule is CC(=O)N1[C@@H](Cc2cc(F)cc(F)c2)[C@@H]([C@H]2CC[C@@H](O)CN2C(=O)OC(C)(C)C)OC1(C)C. The molecule has 3 rings (SSSR count). The van der Waals surface area contributed by atoms with Crippen molar-refractivity contribution < 1.29 is 33.0 Å². The highest BCUT2D eigenvalue weighted by atomic mass is 19.1. The Morgan fingerprint density at radius 2 is 1.79 bits per heavy atom. The molecule has 1 aromatic carbocycles. The number of ether oxygens (including phenoxy) is 2. The lowest BCUT2D eigenvalue weighted by molar-refractivity contribution is -0.146. The monoisotopic (exact) mass is 468 g/mol. The second-order valence-electron chi connectivity index (χ2n) is 10.4. The van der Waals surface area contributed by atoms with Gasteiger partial charge >= 0.3 is 6.09 Å². The Bertz CT molecular complexity index is 881. The molecule has 4 atom stereocenters. The van der Waals surface area contributed by atoms with E-state index in [1.165, 1.54) is 24.0 Å². The van der Waals surface area contributed by atoms with Crippen LogP contribution in [0.15, 0.2) is 18.2 Å². The fourth-order valence-electron chi connectivity index (χ4n) is 4.98. The molecule has 0 aliphatic carbocycles. The Balaban J connectivity index is 1.98. The van der Waals surface area contributed by atoms with E-state index in [0.717, 1.165) is 6.07 Å². The van der Waals surface area contributed by atoms with Gasteiger partial charge in [0.15, 0.2) is 0 Å². The fraction of sp³-hybridized carbons (Fsp3) is 0.667. The summed E-state index contributed by atoms with van der Waals surface area (Å²) in [5.74, 6) is -1.65. The van der Waals surface area contributed by atoms with Crippen LogP contribution in [0.3, 0.4) is 0 Å². The molecule has 33 heavy (non-hydrogen) atoms. The van der Waals surface area contributed by atoms with Gasteiger partial charge in [-0.3, -0.25) is 9.69 Å². The first kappa shape index (κ1) is 25.4. The predicted octanol–water partition coefficient (Wildman–Crippen LogP) is 3.62. The van der Waals surface area contributed by atoms with Crippen molar-refractivity contribution in [1.82, 2.24) is 9.80 Å². The van der Waals surface area contributed by atoms with Crippen molar-refractivity contribution in [3.8, 4) is 0 Å². The number of amides is 2. The van der Waals surface area contributed by atoms with Crippen LogP contribution >= 0.6 is 0 Å². The molecular formula is C24H34F2N2O5. The summed E-state index contributed by atoms with van der Waals surface area (Å²) in [6.45, 7) is 10.3. The van der Waals surface area contributed by atoms with Gasteiger partial charge in [0, 0.05) is 13.0 Å². The first-order chi connectivity index (χ1) is 15.2. The maximum absolute atomic E-state index is 13.9. The molecular weight excluding hydrogens is 434 g/mol. The van der Waals surface area contributed by atoms with Gasteiger partial charge < -0.3 is 19.5 Å². The molecule has 2 aliphatic rings. The number of likely N-dealkylation sites (tertiary alicyclic amines) is 1. The summed E-state index contributed by atoms with van der Waals surface area (Å²) in [5, 5.41) is 10.3. The average Bonchev–Trinajstić information content (AvgIpc) is 2.89. The maximum Gasteiger partial charge on any atom is 0.410 e. The molecule has 0 saturated carbocycles. The van der Waals surface area contributed by atoms with E-state index in [4.69, 9.17) is 9.47 Å². The lowest BCUT2D eigenvalue weighted by Crippen LogP contribution is -2.58. The van der Waals surface area contributed by atoms with Crippen LogP contribution in [0.25, 0.3) is 0 Å². The molecule has 9 heteroatoms. The number of carbonyl (C=O) groups is 2. The van der Waals surface area contributed by atoms with Gasteiger partial charge in [0.1, 0.15) is 29.1 Å². The molecule has 0 radical (unpaired) electrons. The average molecular weight is 469 g/mol. The van der Waals surface area contributed by atoms with Gasteiger partial charge in [0.2, 0.25) is 5.91 Å². The van der Waals surface area contributed by atoms with Gasteiger partial charge in [-0.25, -0.2) is 13.6 Å². The van der Waals surface area contributed by atoms with Crippen molar-refractivity contribution in [3.63, 3.8) is 0 Å². The molecule has 0 aromatic heterocycles. The zero-order chi connectivity index (χ0) is 24.7. The Hall–Kier alpha value is -2.26. The van der Waals surface area contributed by atoms with Crippen molar-refractivity contribution >= 4 is 12.0 Å². The van der Waals surface area contributed by atoms with Crippen LogP contribution in [0.1, 0.15) is 59.9 Å². The number of aliphatic hydroxyl groups excluding tert-OH is 1. The Labute approximate surface area is 193 Å². The quantitative estimate of drug-likeness (QED) is 0.733. The fourth-order valence-corrected chi connectivity index (χ4v) is 4.98. The lowest BCUT2D eigenvalue weighted by Gasteiger charge is -2.42. The molecule has 2 aliphatic heterocycles. The molecule has 1 aromatic rings. The number of piperidine rings is 1. The number of hydrogen-bond donors (Lipinski definition) is 1. The summed E-state index contributed by atoms with van der Waals surface area (Å²) >= 11 is 0. The van der Waals surface area contributed by atoms with Gasteiger partial charge in [-0.1, -0.05) is 0 Å². The van der Waals surface area contributed by atoms with Gasteiger partial charge in [0.25, 0.3) is 0 Å². The van der Waals surface area contributed by atoms with Crippen LogP contribution in [0.5, 0.6) is 0 Å². The molecule has 2 amide bonds. The first-order valence-electron chi connectivity index (χ1n) is 11.3. The highest BCUT2D eigenvalue weighted by Gasteiger charge is 2.54. The van der Waals surface area contributed by atoms with Gasteiger partial charge in [-0.15, -0.1) is 0 Å². The standard InChI is InChI=1S/C24H34F2N2O5/c1-14(29)28-20(11-15-9-16(25)12-17(26)10-15)21(32-24(28,5)6)19-8-7-18(30)13-27(19)22(31)33-23(2,3)4/h9-10,12,18-21,30H,7-8,11,13H2,1-6H3/t18-,19-,20+,21-/m1/s1. The minimum absolute atomic E-state index is 0.0707. The van der Waals surface area contributed by atoms with Crippen LogP contribution in [0.4, 0.5) is 13.6 Å². The summed E-state index contributed by atoms with van der Waals surface area (Å²) in [5.41, 5.74) is -1.35. The lowest BCUT2D eigenvalue weighted by atomic mass is 9.89. The Morgan fingerprint density at radius 1 is 1.18 bits per heavy atom. The Kier molecular flexibility index (Phi) is 7.05. The van der Waals surface area contributed by atoms with E-state index < -0.39 is 53.3 Å². The maximum atomic E-state index is 13.9. The zero-order valence-electron chi connectivity index (χ0n) is 20.1.